The number of benzene rings is 2. The van der Waals surface area contributed by atoms with Gasteiger partial charge in [0.05, 0.1) is 0 Å². The lowest BCUT2D eigenvalue weighted by molar-refractivity contribution is -0.122. The quantitative estimate of drug-likeness (QED) is 0.815. The van der Waals surface area contributed by atoms with Gasteiger partial charge in [-0.2, -0.15) is 0 Å². The lowest BCUT2D eigenvalue weighted by Crippen LogP contribution is -2.30. The summed E-state index contributed by atoms with van der Waals surface area (Å²) in [7, 11) is 0. The normalized spacial score (nSPS) is 13.2. The molecule has 0 aliphatic carbocycles. The zero-order valence-electron chi connectivity index (χ0n) is 14.1. The number of Topliss-reactive ketones (excluding diaryl/α,β-unsaturated/α-hetero) is 1. The van der Waals surface area contributed by atoms with Crippen molar-refractivity contribution >= 4 is 17.4 Å². The van der Waals surface area contributed by atoms with Gasteiger partial charge in [-0.25, -0.2) is 0 Å². The lowest BCUT2D eigenvalue weighted by Gasteiger charge is -2.15. The third-order valence-corrected chi connectivity index (χ3v) is 3.82. The standard InChI is InChI=1S/C19H19NO5/c1-3-16(21)13-4-7-15(8-5-13)25-12(2)19(22)20-14-6-9-17-18(10-14)24-11-23-17/h4-10,12H,3,11H2,1-2H3,(H,20,22)/t12-/m0/s1. The Morgan fingerprint density at radius 3 is 2.56 bits per heavy atom. The maximum atomic E-state index is 12.3. The number of nitrogens with one attached hydrogen (secondary N) is 1. The Morgan fingerprint density at radius 2 is 1.84 bits per heavy atom. The molecule has 0 saturated carbocycles. The predicted octanol–water partition coefficient (Wildman–Crippen LogP) is 3.41. The molecule has 1 aliphatic heterocycles. The van der Waals surface area contributed by atoms with E-state index < -0.39 is 6.10 Å². The van der Waals surface area contributed by atoms with E-state index in [1.807, 2.05) is 6.92 Å². The molecule has 0 unspecified atom stereocenters. The second-order valence-corrected chi connectivity index (χ2v) is 5.62. The number of amides is 1. The third kappa shape index (κ3) is 3.91. The van der Waals surface area contributed by atoms with Gasteiger partial charge in [-0.05, 0) is 43.3 Å². The van der Waals surface area contributed by atoms with Crippen LogP contribution in [-0.2, 0) is 4.79 Å². The Balaban J connectivity index is 1.60. The first-order valence-electron chi connectivity index (χ1n) is 8.07. The molecule has 0 bridgehead atoms. The van der Waals surface area contributed by atoms with Crippen LogP contribution >= 0.6 is 0 Å². The Kier molecular flexibility index (Phi) is 4.88. The van der Waals surface area contributed by atoms with Gasteiger partial charge in [0.15, 0.2) is 23.4 Å². The van der Waals surface area contributed by atoms with Gasteiger partial charge in [0.1, 0.15) is 5.75 Å². The number of hydrogen-bond donors (Lipinski definition) is 1. The molecule has 0 saturated heterocycles. The molecule has 1 N–H and O–H groups in total. The maximum absolute atomic E-state index is 12.3. The summed E-state index contributed by atoms with van der Waals surface area (Å²) in [5.41, 5.74) is 1.24. The number of fused-ring (bicyclic) bond motifs is 1. The zero-order valence-corrected chi connectivity index (χ0v) is 14.1. The number of carbonyl (C=O) groups is 2. The molecule has 1 aliphatic rings. The van der Waals surface area contributed by atoms with Gasteiger partial charge in [0, 0.05) is 23.7 Å². The van der Waals surface area contributed by atoms with Crippen LogP contribution in [-0.4, -0.2) is 24.6 Å². The zero-order chi connectivity index (χ0) is 17.8. The van der Waals surface area contributed by atoms with E-state index >= 15 is 0 Å². The lowest BCUT2D eigenvalue weighted by atomic mass is 10.1. The topological polar surface area (TPSA) is 73.9 Å². The molecule has 1 atom stereocenters. The predicted molar refractivity (Wildman–Crippen MR) is 92.3 cm³/mol. The molecule has 6 heteroatoms. The summed E-state index contributed by atoms with van der Waals surface area (Å²) in [6, 6.07) is 12.0. The highest BCUT2D eigenvalue weighted by molar-refractivity contribution is 5.96. The van der Waals surface area contributed by atoms with E-state index in [-0.39, 0.29) is 18.5 Å². The summed E-state index contributed by atoms with van der Waals surface area (Å²) in [6.07, 6.45) is -0.243. The van der Waals surface area contributed by atoms with Crippen LogP contribution in [0, 0.1) is 0 Å². The van der Waals surface area contributed by atoms with Gasteiger partial charge < -0.3 is 19.5 Å². The molecular formula is C19H19NO5. The highest BCUT2D eigenvalue weighted by atomic mass is 16.7. The molecule has 1 heterocycles. The minimum atomic E-state index is -0.696. The van der Waals surface area contributed by atoms with Crippen molar-refractivity contribution in [2.24, 2.45) is 0 Å². The highest BCUT2D eigenvalue weighted by Gasteiger charge is 2.18. The average molecular weight is 341 g/mol. The fourth-order valence-corrected chi connectivity index (χ4v) is 2.40. The van der Waals surface area contributed by atoms with Crippen LogP contribution in [0.3, 0.4) is 0 Å². The molecule has 0 aromatic heterocycles. The summed E-state index contributed by atoms with van der Waals surface area (Å²) < 4.78 is 16.2. The van der Waals surface area contributed by atoms with Gasteiger partial charge in [-0.1, -0.05) is 6.92 Å². The van der Waals surface area contributed by atoms with E-state index in [4.69, 9.17) is 14.2 Å². The van der Waals surface area contributed by atoms with Crippen LogP contribution in [0.5, 0.6) is 17.2 Å². The minimum Gasteiger partial charge on any atom is -0.481 e. The average Bonchev–Trinajstić information content (AvgIpc) is 3.09. The van der Waals surface area contributed by atoms with Crippen LogP contribution in [0.1, 0.15) is 30.6 Å². The number of hydrogen-bond acceptors (Lipinski definition) is 5. The van der Waals surface area contributed by atoms with Crippen molar-refractivity contribution in [2.75, 3.05) is 12.1 Å². The summed E-state index contributed by atoms with van der Waals surface area (Å²) >= 11 is 0. The Hall–Kier alpha value is -3.02. The van der Waals surface area contributed by atoms with Crippen molar-refractivity contribution in [2.45, 2.75) is 26.4 Å². The Labute approximate surface area is 145 Å². The summed E-state index contributed by atoms with van der Waals surface area (Å²) in [5, 5.41) is 2.78. The molecule has 6 nitrogen and oxygen atoms in total. The largest absolute Gasteiger partial charge is 0.481 e. The molecule has 0 radical (unpaired) electrons. The van der Waals surface area contributed by atoms with Crippen molar-refractivity contribution in [1.82, 2.24) is 0 Å². The highest BCUT2D eigenvalue weighted by Crippen LogP contribution is 2.34. The van der Waals surface area contributed by atoms with E-state index in [2.05, 4.69) is 5.32 Å². The van der Waals surface area contributed by atoms with E-state index in [9.17, 15) is 9.59 Å². The fraction of sp³-hybridized carbons (Fsp3) is 0.263. The second-order valence-electron chi connectivity index (χ2n) is 5.62. The molecule has 0 spiro atoms. The second kappa shape index (κ2) is 7.25. The number of ether oxygens (including phenoxy) is 3. The molecule has 3 rings (SSSR count). The van der Waals surface area contributed by atoms with Crippen LogP contribution in [0.4, 0.5) is 5.69 Å². The van der Waals surface area contributed by atoms with Crippen molar-refractivity contribution < 1.29 is 23.8 Å². The van der Waals surface area contributed by atoms with Crippen LogP contribution in [0.15, 0.2) is 42.5 Å². The SMILES string of the molecule is CCC(=O)c1ccc(O[C@@H](C)C(=O)Nc2ccc3c(c2)OCO3)cc1. The van der Waals surface area contributed by atoms with Gasteiger partial charge in [0.2, 0.25) is 6.79 Å². The molecule has 0 fully saturated rings. The van der Waals surface area contributed by atoms with Crippen molar-refractivity contribution in [3.8, 4) is 17.2 Å². The molecular weight excluding hydrogens is 322 g/mol. The summed E-state index contributed by atoms with van der Waals surface area (Å²) in [6.45, 7) is 3.66. The Bertz CT molecular complexity index is 785. The van der Waals surface area contributed by atoms with Crippen molar-refractivity contribution in [3.63, 3.8) is 0 Å². The van der Waals surface area contributed by atoms with Crippen LogP contribution in [0.25, 0.3) is 0 Å². The van der Waals surface area contributed by atoms with Gasteiger partial charge >= 0.3 is 0 Å². The smallest absolute Gasteiger partial charge is 0.265 e. The van der Waals surface area contributed by atoms with Crippen molar-refractivity contribution in [1.29, 1.82) is 0 Å². The van der Waals surface area contributed by atoms with E-state index in [1.54, 1.807) is 49.4 Å². The first-order valence-corrected chi connectivity index (χ1v) is 8.07. The monoisotopic (exact) mass is 341 g/mol. The van der Waals surface area contributed by atoms with E-state index in [0.29, 0.717) is 34.9 Å². The summed E-state index contributed by atoms with van der Waals surface area (Å²) in [5.74, 6) is 1.57. The first-order chi connectivity index (χ1) is 12.1. The van der Waals surface area contributed by atoms with E-state index in [1.165, 1.54) is 0 Å². The molecule has 1 amide bonds. The Morgan fingerprint density at radius 1 is 1.12 bits per heavy atom. The van der Waals surface area contributed by atoms with Gasteiger partial charge in [-0.15, -0.1) is 0 Å². The molecule has 130 valence electrons. The molecule has 2 aromatic carbocycles. The minimum absolute atomic E-state index is 0.0696. The van der Waals surface area contributed by atoms with E-state index in [0.717, 1.165) is 0 Å². The van der Waals surface area contributed by atoms with Crippen molar-refractivity contribution in [3.05, 3.63) is 48.0 Å². The molecule has 2 aromatic rings. The fourth-order valence-electron chi connectivity index (χ4n) is 2.40. The van der Waals surface area contributed by atoms with Crippen LogP contribution in [0.2, 0.25) is 0 Å². The van der Waals surface area contributed by atoms with Gasteiger partial charge in [-0.3, -0.25) is 9.59 Å². The first kappa shape index (κ1) is 16.8. The number of ketones is 1. The third-order valence-electron chi connectivity index (χ3n) is 3.82. The van der Waals surface area contributed by atoms with Crippen LogP contribution < -0.4 is 19.5 Å². The number of rotatable bonds is 6. The van der Waals surface area contributed by atoms with Gasteiger partial charge in [0.25, 0.3) is 5.91 Å². The summed E-state index contributed by atoms with van der Waals surface area (Å²) in [4.78, 5) is 23.9. The maximum Gasteiger partial charge on any atom is 0.265 e. The molecule has 25 heavy (non-hydrogen) atoms. The number of carbonyl (C=O) groups excluding carboxylic acids is 2. The number of anilines is 1.